The molecule has 0 fully saturated rings. The third-order valence-corrected chi connectivity index (χ3v) is 2.62. The number of benzene rings is 1. The highest BCUT2D eigenvalue weighted by molar-refractivity contribution is 6.01. The fourth-order valence-corrected chi connectivity index (χ4v) is 1.31. The van der Waals surface area contributed by atoms with Crippen LogP contribution in [0.3, 0.4) is 0 Å². The topological polar surface area (TPSA) is 67.8 Å². The molecule has 1 rings (SSSR count). The van der Waals surface area contributed by atoms with Crippen molar-refractivity contribution < 1.29 is 14.3 Å². The van der Waals surface area contributed by atoms with Gasteiger partial charge in [-0.2, -0.15) is 5.10 Å². The molecule has 1 N–H and O–H groups in total. The largest absolute Gasteiger partial charge is 0.464 e. The third kappa shape index (κ3) is 5.60. The molecule has 1 aromatic rings. The number of methoxy groups -OCH3 is 1. The summed E-state index contributed by atoms with van der Waals surface area (Å²) in [6.07, 6.45) is 2.77. The van der Waals surface area contributed by atoms with Crippen LogP contribution in [0.25, 0.3) is 0 Å². The van der Waals surface area contributed by atoms with Crippen LogP contribution < -0.4 is 5.43 Å². The molecule has 0 aliphatic rings. The minimum Gasteiger partial charge on any atom is -0.464 e. The molecular weight excluding hydrogens is 268 g/mol. The maximum Gasteiger partial charge on any atom is 0.356 e. The standard InChI is InChI=1S/C16H20N2O3/c1-16(2,3)14(19)10-13(15(20)21-4)18-17-11-12-8-6-5-7-9-12/h5-11,18H,1-4H3. The highest BCUT2D eigenvalue weighted by Gasteiger charge is 2.21. The normalized spacial score (nSPS) is 12.3. The van der Waals surface area contributed by atoms with Crippen molar-refractivity contribution >= 4 is 18.0 Å². The molecule has 0 atom stereocenters. The van der Waals surface area contributed by atoms with Crippen molar-refractivity contribution in [2.45, 2.75) is 20.8 Å². The summed E-state index contributed by atoms with van der Waals surface area (Å²) in [6.45, 7) is 5.32. The second-order valence-corrected chi connectivity index (χ2v) is 5.44. The van der Waals surface area contributed by atoms with E-state index in [4.69, 9.17) is 0 Å². The van der Waals surface area contributed by atoms with E-state index in [0.717, 1.165) is 5.56 Å². The molecule has 0 radical (unpaired) electrons. The summed E-state index contributed by atoms with van der Waals surface area (Å²) in [4.78, 5) is 23.6. The number of rotatable bonds is 5. The van der Waals surface area contributed by atoms with E-state index >= 15 is 0 Å². The maximum absolute atomic E-state index is 12.0. The van der Waals surface area contributed by atoms with Crippen LogP contribution in [0.5, 0.6) is 0 Å². The lowest BCUT2D eigenvalue weighted by atomic mass is 9.90. The molecular formula is C16H20N2O3. The number of nitrogens with one attached hydrogen (secondary N) is 1. The first kappa shape index (κ1) is 16.6. The van der Waals surface area contributed by atoms with Crippen LogP contribution >= 0.6 is 0 Å². The number of hydrogen-bond acceptors (Lipinski definition) is 5. The van der Waals surface area contributed by atoms with Gasteiger partial charge in [-0.05, 0) is 5.56 Å². The predicted molar refractivity (Wildman–Crippen MR) is 81.7 cm³/mol. The van der Waals surface area contributed by atoms with Gasteiger partial charge in [0, 0.05) is 11.5 Å². The zero-order valence-corrected chi connectivity index (χ0v) is 12.7. The van der Waals surface area contributed by atoms with E-state index in [2.05, 4.69) is 15.3 Å². The Labute approximate surface area is 124 Å². The van der Waals surface area contributed by atoms with Crippen molar-refractivity contribution in [2.75, 3.05) is 7.11 Å². The average Bonchev–Trinajstić information content (AvgIpc) is 2.45. The summed E-state index contributed by atoms with van der Waals surface area (Å²) in [6, 6.07) is 9.38. The lowest BCUT2D eigenvalue weighted by Crippen LogP contribution is -2.23. The Bertz CT molecular complexity index is 555. The highest BCUT2D eigenvalue weighted by atomic mass is 16.5. The molecule has 21 heavy (non-hydrogen) atoms. The molecule has 0 aliphatic carbocycles. The van der Waals surface area contributed by atoms with E-state index in [9.17, 15) is 9.59 Å². The second-order valence-electron chi connectivity index (χ2n) is 5.44. The van der Waals surface area contributed by atoms with E-state index in [0.29, 0.717) is 0 Å². The molecule has 0 heterocycles. The van der Waals surface area contributed by atoms with Crippen LogP contribution in [-0.4, -0.2) is 25.1 Å². The minimum absolute atomic E-state index is 0.00426. The summed E-state index contributed by atoms with van der Waals surface area (Å²) < 4.78 is 4.63. The van der Waals surface area contributed by atoms with Gasteiger partial charge in [-0.25, -0.2) is 4.79 Å². The number of hydrogen-bond donors (Lipinski definition) is 1. The number of ether oxygens (including phenoxy) is 1. The average molecular weight is 288 g/mol. The zero-order valence-electron chi connectivity index (χ0n) is 12.7. The van der Waals surface area contributed by atoms with Crippen LogP contribution in [0.4, 0.5) is 0 Å². The minimum atomic E-state index is -0.641. The molecule has 0 saturated heterocycles. The Morgan fingerprint density at radius 1 is 1.19 bits per heavy atom. The molecule has 0 bridgehead atoms. The SMILES string of the molecule is COC(=O)C(=CC(=O)C(C)(C)C)NN=Cc1ccccc1. The van der Waals surface area contributed by atoms with Gasteiger partial charge < -0.3 is 4.74 Å². The smallest absolute Gasteiger partial charge is 0.356 e. The summed E-state index contributed by atoms with van der Waals surface area (Å²) in [5.41, 5.74) is 2.85. The molecule has 0 spiro atoms. The van der Waals surface area contributed by atoms with Crippen LogP contribution in [0, 0.1) is 5.41 Å². The molecule has 5 heteroatoms. The van der Waals surface area contributed by atoms with Gasteiger partial charge in [0.25, 0.3) is 0 Å². The molecule has 0 aromatic heterocycles. The molecule has 1 aromatic carbocycles. The molecule has 5 nitrogen and oxygen atoms in total. The van der Waals surface area contributed by atoms with Gasteiger partial charge in [-0.3, -0.25) is 10.2 Å². The number of ketones is 1. The fraction of sp³-hybridized carbons (Fsp3) is 0.312. The Hall–Kier alpha value is -2.43. The van der Waals surface area contributed by atoms with Gasteiger partial charge in [0.1, 0.15) is 5.70 Å². The van der Waals surface area contributed by atoms with Crippen LogP contribution in [-0.2, 0) is 14.3 Å². The molecule has 112 valence electrons. The second kappa shape index (κ2) is 7.38. The first-order valence-corrected chi connectivity index (χ1v) is 6.53. The maximum atomic E-state index is 12.0. The van der Waals surface area contributed by atoms with Crippen molar-refractivity contribution in [3.05, 3.63) is 47.7 Å². The molecule has 0 aliphatic heterocycles. The number of nitrogens with zero attached hydrogens (tertiary/aromatic N) is 1. The Kier molecular flexibility index (Phi) is 5.84. The van der Waals surface area contributed by atoms with Gasteiger partial charge >= 0.3 is 5.97 Å². The van der Waals surface area contributed by atoms with Gasteiger partial charge in [0.2, 0.25) is 0 Å². The zero-order chi connectivity index (χ0) is 15.9. The number of carbonyl (C=O) groups is 2. The highest BCUT2D eigenvalue weighted by Crippen LogP contribution is 2.16. The first-order chi connectivity index (χ1) is 9.84. The van der Waals surface area contributed by atoms with E-state index in [1.54, 1.807) is 27.0 Å². The number of allylic oxidation sites excluding steroid dienone is 1. The summed E-state index contributed by atoms with van der Waals surface area (Å²) in [7, 11) is 1.25. The van der Waals surface area contributed by atoms with Crippen molar-refractivity contribution in [1.82, 2.24) is 5.43 Å². The molecule has 0 amide bonds. The molecule has 0 saturated carbocycles. The molecule has 0 unspecified atom stereocenters. The van der Waals surface area contributed by atoms with E-state index in [-0.39, 0.29) is 11.5 Å². The third-order valence-electron chi connectivity index (χ3n) is 2.62. The van der Waals surface area contributed by atoms with Crippen molar-refractivity contribution in [1.29, 1.82) is 0 Å². The van der Waals surface area contributed by atoms with Crippen molar-refractivity contribution in [3.8, 4) is 0 Å². The number of esters is 1. The van der Waals surface area contributed by atoms with Gasteiger partial charge in [0.05, 0.1) is 13.3 Å². The van der Waals surface area contributed by atoms with Crippen LogP contribution in [0.15, 0.2) is 47.2 Å². The van der Waals surface area contributed by atoms with E-state index in [1.165, 1.54) is 13.2 Å². The van der Waals surface area contributed by atoms with E-state index < -0.39 is 11.4 Å². The van der Waals surface area contributed by atoms with Crippen LogP contribution in [0.2, 0.25) is 0 Å². The quantitative estimate of drug-likeness (QED) is 0.390. The van der Waals surface area contributed by atoms with Gasteiger partial charge in [-0.15, -0.1) is 0 Å². The Morgan fingerprint density at radius 2 is 1.81 bits per heavy atom. The number of hydrazone groups is 1. The van der Waals surface area contributed by atoms with Gasteiger partial charge in [0.15, 0.2) is 5.78 Å². The monoisotopic (exact) mass is 288 g/mol. The summed E-state index contributed by atoms with van der Waals surface area (Å²) in [5, 5.41) is 3.95. The fourth-order valence-electron chi connectivity index (χ4n) is 1.31. The predicted octanol–water partition coefficient (Wildman–Crippen LogP) is 2.28. The number of carbonyl (C=O) groups excluding carboxylic acids is 2. The lowest BCUT2D eigenvalue weighted by molar-refractivity contribution is -0.137. The van der Waals surface area contributed by atoms with E-state index in [1.807, 2.05) is 30.3 Å². The Morgan fingerprint density at radius 3 is 2.33 bits per heavy atom. The Balaban J connectivity index is 2.85. The van der Waals surface area contributed by atoms with Crippen molar-refractivity contribution in [2.24, 2.45) is 10.5 Å². The summed E-state index contributed by atoms with van der Waals surface area (Å²) in [5.74, 6) is -0.830. The van der Waals surface area contributed by atoms with Crippen LogP contribution in [0.1, 0.15) is 26.3 Å². The first-order valence-electron chi connectivity index (χ1n) is 6.53. The summed E-state index contributed by atoms with van der Waals surface area (Å²) >= 11 is 0. The van der Waals surface area contributed by atoms with Gasteiger partial charge in [-0.1, -0.05) is 51.1 Å². The van der Waals surface area contributed by atoms with Crippen molar-refractivity contribution in [3.63, 3.8) is 0 Å². The lowest BCUT2D eigenvalue weighted by Gasteiger charge is -2.14.